The predicted molar refractivity (Wildman–Crippen MR) is 43.0 cm³/mol. The summed E-state index contributed by atoms with van der Waals surface area (Å²) in [6.07, 6.45) is 0. The molecule has 3 heteroatoms. The summed E-state index contributed by atoms with van der Waals surface area (Å²) < 4.78 is 0. The molecular weight excluding hydrogens is 213 g/mol. The maximum atomic E-state index is 4.07. The van der Waals surface area contributed by atoms with E-state index in [1.165, 1.54) is 0 Å². The first-order chi connectivity index (χ1) is 4.72. The molecule has 0 aromatic carbocycles. The smallest absolute Gasteiger partial charge is 0 e. The molecule has 1 saturated heterocycles. The molecule has 1 heterocycles. The molecule has 1 radical (unpaired) electrons. The van der Waals surface area contributed by atoms with Gasteiger partial charge in [-0.2, -0.15) is 0 Å². The third kappa shape index (κ3) is 3.50. The maximum Gasteiger partial charge on any atom is 0 e. The molecule has 1 atom stereocenters. The first kappa shape index (κ1) is 12.0. The summed E-state index contributed by atoms with van der Waals surface area (Å²) in [7, 11) is 0. The molecule has 11 heavy (non-hydrogen) atoms. The van der Waals surface area contributed by atoms with E-state index in [9.17, 15) is 0 Å². The normalized spacial score (nSPS) is 21.8. The Balaban J connectivity index is 0.000001000. The Morgan fingerprint density at radius 1 is 1.55 bits per heavy atom. The molecule has 0 spiro atoms. The van der Waals surface area contributed by atoms with Crippen LogP contribution in [-0.2, 0) is 32.7 Å². The summed E-state index contributed by atoms with van der Waals surface area (Å²) in [6, 6.07) is 0.426. The summed E-state index contributed by atoms with van der Waals surface area (Å²) in [5.41, 5.74) is 0. The summed E-state index contributed by atoms with van der Waals surface area (Å²) >= 11 is 0. The van der Waals surface area contributed by atoms with Gasteiger partial charge < -0.3 is 17.1 Å². The van der Waals surface area contributed by atoms with E-state index in [4.69, 9.17) is 0 Å². The van der Waals surface area contributed by atoms with Crippen molar-refractivity contribution in [2.45, 2.75) is 19.9 Å². The van der Waals surface area contributed by atoms with Gasteiger partial charge in [0.25, 0.3) is 0 Å². The Morgan fingerprint density at radius 3 is 2.55 bits per heavy atom. The van der Waals surface area contributed by atoms with Crippen molar-refractivity contribution < 1.29 is 32.7 Å². The zero-order valence-electron chi connectivity index (χ0n) is 7.38. The molecule has 2 nitrogen and oxygen atoms in total. The second-order valence-electron chi connectivity index (χ2n) is 3.13. The van der Waals surface area contributed by atoms with Crippen LogP contribution in [0.5, 0.6) is 0 Å². The van der Waals surface area contributed by atoms with Gasteiger partial charge in [-0.25, -0.2) is 6.67 Å². The minimum Gasteiger partial charge on any atom is -0.465 e. The molecular formula is C8H16N2Y-2. The van der Waals surface area contributed by atoms with Gasteiger partial charge in [-0.15, -0.1) is 6.04 Å². The Bertz CT molecular complexity index is 100. The summed E-state index contributed by atoms with van der Waals surface area (Å²) in [4.78, 5) is 2.25. The van der Waals surface area contributed by atoms with E-state index >= 15 is 0 Å². The number of rotatable bonds is 2. The van der Waals surface area contributed by atoms with Crippen molar-refractivity contribution in [3.63, 3.8) is 0 Å². The summed E-state index contributed by atoms with van der Waals surface area (Å²) in [5.74, 6) is 0.635. The molecule has 0 saturated carbocycles. The SMILES string of the molecule is [CH2-]C(C(C)C)N1[CH-]NCC1.[Y]. The van der Waals surface area contributed by atoms with E-state index in [-0.39, 0.29) is 32.7 Å². The molecule has 1 rings (SSSR count). The minimum absolute atomic E-state index is 0. The van der Waals surface area contributed by atoms with Crippen LogP contribution in [-0.4, -0.2) is 24.0 Å². The molecule has 1 fully saturated rings. The van der Waals surface area contributed by atoms with Crippen molar-refractivity contribution in [3.8, 4) is 0 Å². The van der Waals surface area contributed by atoms with E-state index < -0.39 is 0 Å². The molecule has 0 amide bonds. The Labute approximate surface area is 95.0 Å². The molecule has 63 valence electrons. The maximum absolute atomic E-state index is 4.07. The third-order valence-electron chi connectivity index (χ3n) is 1.97. The topological polar surface area (TPSA) is 15.3 Å². The average Bonchev–Trinajstić information content (AvgIpc) is 2.36. The standard InChI is InChI=1S/C8H16N2.Y/c1-7(2)8(3)10-5-4-9-6-10;/h6-9H,3-5H2,1-2H3;/q-2;. The van der Waals surface area contributed by atoms with Crippen LogP contribution >= 0.6 is 0 Å². The number of hydrogen-bond donors (Lipinski definition) is 1. The number of nitrogens with one attached hydrogen (secondary N) is 1. The van der Waals surface area contributed by atoms with Crippen molar-refractivity contribution in [2.24, 2.45) is 5.92 Å². The van der Waals surface area contributed by atoms with Gasteiger partial charge in [0.15, 0.2) is 0 Å². The minimum atomic E-state index is 0. The van der Waals surface area contributed by atoms with Crippen molar-refractivity contribution in [1.82, 2.24) is 10.2 Å². The van der Waals surface area contributed by atoms with Crippen LogP contribution in [0.1, 0.15) is 13.8 Å². The van der Waals surface area contributed by atoms with E-state index in [1.807, 2.05) is 6.67 Å². The molecule has 0 bridgehead atoms. The molecule has 0 aliphatic carbocycles. The van der Waals surface area contributed by atoms with Crippen molar-refractivity contribution in [1.29, 1.82) is 0 Å². The zero-order chi connectivity index (χ0) is 7.56. The van der Waals surface area contributed by atoms with Gasteiger partial charge in [-0.1, -0.05) is 19.8 Å². The van der Waals surface area contributed by atoms with Gasteiger partial charge in [0.05, 0.1) is 0 Å². The van der Waals surface area contributed by atoms with Crippen molar-refractivity contribution >= 4 is 0 Å². The second kappa shape index (κ2) is 5.63. The van der Waals surface area contributed by atoms with Gasteiger partial charge >= 0.3 is 0 Å². The van der Waals surface area contributed by atoms with Crippen molar-refractivity contribution in [2.75, 3.05) is 13.1 Å². The van der Waals surface area contributed by atoms with E-state index in [1.54, 1.807) is 0 Å². The van der Waals surface area contributed by atoms with Crippen LogP contribution < -0.4 is 5.32 Å². The van der Waals surface area contributed by atoms with Crippen LogP contribution in [0.2, 0.25) is 0 Å². The van der Waals surface area contributed by atoms with Gasteiger partial charge in [-0.05, 0) is 13.1 Å². The van der Waals surface area contributed by atoms with E-state index in [0.29, 0.717) is 12.0 Å². The largest absolute Gasteiger partial charge is 0.465 e. The molecule has 1 aliphatic rings. The molecule has 0 aromatic rings. The molecule has 1 unspecified atom stereocenters. The van der Waals surface area contributed by atoms with Gasteiger partial charge in [0.2, 0.25) is 0 Å². The van der Waals surface area contributed by atoms with Crippen LogP contribution in [0.25, 0.3) is 0 Å². The van der Waals surface area contributed by atoms with Crippen LogP contribution in [0.3, 0.4) is 0 Å². The quantitative estimate of drug-likeness (QED) is 0.707. The Kier molecular flexibility index (Phi) is 6.16. The van der Waals surface area contributed by atoms with Crippen LogP contribution in [0.4, 0.5) is 0 Å². The second-order valence-corrected chi connectivity index (χ2v) is 3.13. The van der Waals surface area contributed by atoms with Crippen LogP contribution in [0, 0.1) is 19.5 Å². The fraction of sp³-hybridized carbons (Fsp3) is 0.750. The third-order valence-corrected chi connectivity index (χ3v) is 1.97. The molecule has 1 aliphatic heterocycles. The van der Waals surface area contributed by atoms with E-state index in [2.05, 4.69) is 31.0 Å². The predicted octanol–water partition coefficient (Wildman–Crippen LogP) is 0.867. The first-order valence-electron chi connectivity index (χ1n) is 3.87. The Morgan fingerprint density at radius 2 is 2.18 bits per heavy atom. The van der Waals surface area contributed by atoms with Gasteiger partial charge in [-0.3, -0.25) is 0 Å². The number of nitrogens with zero attached hydrogens (tertiary/aromatic N) is 1. The average molecular weight is 229 g/mol. The van der Waals surface area contributed by atoms with Gasteiger partial charge in [0.1, 0.15) is 0 Å². The fourth-order valence-corrected chi connectivity index (χ4v) is 1.08. The van der Waals surface area contributed by atoms with E-state index in [0.717, 1.165) is 13.1 Å². The first-order valence-corrected chi connectivity index (χ1v) is 3.87. The summed E-state index contributed by atoms with van der Waals surface area (Å²) in [5, 5.41) is 3.17. The van der Waals surface area contributed by atoms with Crippen molar-refractivity contribution in [3.05, 3.63) is 13.6 Å². The fourth-order valence-electron chi connectivity index (χ4n) is 1.08. The van der Waals surface area contributed by atoms with Crippen LogP contribution in [0.15, 0.2) is 0 Å². The Hall–Kier alpha value is 1.02. The monoisotopic (exact) mass is 229 g/mol. The van der Waals surface area contributed by atoms with Gasteiger partial charge in [0, 0.05) is 32.7 Å². The molecule has 1 N–H and O–H groups in total. The molecule has 0 aromatic heterocycles. The number of hydrogen-bond acceptors (Lipinski definition) is 2. The summed E-state index contributed by atoms with van der Waals surface area (Å²) in [6.45, 7) is 12.7. The zero-order valence-corrected chi connectivity index (χ0v) is 10.2.